The molecule has 7 heteroatoms. The van der Waals surface area contributed by atoms with Crippen LogP contribution >= 0.6 is 0 Å². The highest BCUT2D eigenvalue weighted by molar-refractivity contribution is 5.86. The lowest BCUT2D eigenvalue weighted by molar-refractivity contribution is -0.150. The predicted molar refractivity (Wildman–Crippen MR) is 111 cm³/mol. The van der Waals surface area contributed by atoms with E-state index in [-0.39, 0.29) is 49.8 Å². The molecule has 0 aliphatic carbocycles. The molecule has 2 amide bonds. The minimum absolute atomic E-state index is 0.0490. The van der Waals surface area contributed by atoms with Crippen LogP contribution in [-0.4, -0.2) is 53.5 Å². The van der Waals surface area contributed by atoms with Crippen molar-refractivity contribution in [2.45, 2.75) is 50.7 Å². The van der Waals surface area contributed by atoms with Gasteiger partial charge in [-0.05, 0) is 31.2 Å². The first-order valence-electron chi connectivity index (χ1n) is 10.7. The lowest BCUT2D eigenvalue weighted by Crippen LogP contribution is -2.41. The summed E-state index contributed by atoms with van der Waals surface area (Å²) in [4.78, 5) is 39.5. The second-order valence-corrected chi connectivity index (χ2v) is 7.85. The summed E-state index contributed by atoms with van der Waals surface area (Å²) in [6, 6.07) is 9.17. The van der Waals surface area contributed by atoms with Gasteiger partial charge < -0.3 is 20.1 Å². The zero-order chi connectivity index (χ0) is 21.3. The molecule has 0 spiro atoms. The number of carbonyl (C=O) groups excluding carboxylic acids is 3. The number of hydrogen-bond donors (Lipinski definition) is 2. The molecular formula is C23H30N2O5. The Labute approximate surface area is 177 Å². The van der Waals surface area contributed by atoms with Crippen LogP contribution in [0.2, 0.25) is 0 Å². The van der Waals surface area contributed by atoms with E-state index >= 15 is 0 Å². The first-order valence-corrected chi connectivity index (χ1v) is 10.7. The van der Waals surface area contributed by atoms with Crippen molar-refractivity contribution in [3.63, 3.8) is 0 Å². The lowest BCUT2D eigenvalue weighted by atomic mass is 9.98. The molecule has 3 atom stereocenters. The summed E-state index contributed by atoms with van der Waals surface area (Å²) in [6.07, 6.45) is 6.14. The summed E-state index contributed by atoms with van der Waals surface area (Å²) < 4.78 is 5.59. The van der Waals surface area contributed by atoms with Crippen molar-refractivity contribution in [2.24, 2.45) is 5.92 Å². The smallest absolute Gasteiger partial charge is 0.306 e. The van der Waals surface area contributed by atoms with E-state index in [1.807, 2.05) is 42.5 Å². The summed E-state index contributed by atoms with van der Waals surface area (Å²) in [5.41, 5.74) is 0.814. The minimum atomic E-state index is -0.570. The molecule has 0 aromatic heterocycles. The number of aliphatic hydroxyl groups excluding tert-OH is 1. The Morgan fingerprint density at radius 1 is 1.20 bits per heavy atom. The van der Waals surface area contributed by atoms with Crippen LogP contribution in [-0.2, 0) is 19.1 Å². The maximum Gasteiger partial charge on any atom is 0.306 e. The molecule has 0 radical (unpaired) electrons. The SMILES string of the molecule is O=C1CCC=CCC(CC(=O)N2CCCC2CO)C(=O)NCC(c2ccccc2)O1. The fourth-order valence-electron chi connectivity index (χ4n) is 3.99. The van der Waals surface area contributed by atoms with Crippen molar-refractivity contribution in [1.82, 2.24) is 10.2 Å². The van der Waals surface area contributed by atoms with E-state index in [1.54, 1.807) is 4.90 Å². The van der Waals surface area contributed by atoms with Crippen molar-refractivity contribution in [3.05, 3.63) is 48.0 Å². The van der Waals surface area contributed by atoms with E-state index in [9.17, 15) is 19.5 Å². The molecule has 3 unspecified atom stereocenters. The highest BCUT2D eigenvalue weighted by Crippen LogP contribution is 2.22. The van der Waals surface area contributed by atoms with Crippen molar-refractivity contribution >= 4 is 17.8 Å². The van der Waals surface area contributed by atoms with Crippen LogP contribution < -0.4 is 5.32 Å². The summed E-state index contributed by atoms with van der Waals surface area (Å²) in [7, 11) is 0. The molecule has 1 aromatic rings. The number of likely N-dealkylation sites (tertiary alicyclic amines) is 1. The average Bonchev–Trinajstić information content (AvgIpc) is 3.24. The fourth-order valence-corrected chi connectivity index (χ4v) is 3.99. The zero-order valence-electron chi connectivity index (χ0n) is 17.2. The molecule has 1 aromatic carbocycles. The van der Waals surface area contributed by atoms with E-state index in [0.717, 1.165) is 18.4 Å². The van der Waals surface area contributed by atoms with Gasteiger partial charge in [0.1, 0.15) is 6.10 Å². The summed E-state index contributed by atoms with van der Waals surface area (Å²) in [5.74, 6) is -1.14. The number of nitrogens with zero attached hydrogens (tertiary/aromatic N) is 1. The minimum Gasteiger partial charge on any atom is -0.456 e. The molecule has 7 nitrogen and oxygen atoms in total. The van der Waals surface area contributed by atoms with Crippen LogP contribution in [0.25, 0.3) is 0 Å². The van der Waals surface area contributed by atoms with E-state index in [4.69, 9.17) is 4.74 Å². The van der Waals surface area contributed by atoms with E-state index in [2.05, 4.69) is 5.32 Å². The van der Waals surface area contributed by atoms with Crippen molar-refractivity contribution in [3.8, 4) is 0 Å². The normalized spacial score (nSPS) is 25.8. The number of amides is 2. The van der Waals surface area contributed by atoms with Crippen LogP contribution in [0.1, 0.15) is 50.2 Å². The van der Waals surface area contributed by atoms with Crippen LogP contribution in [0.5, 0.6) is 0 Å². The van der Waals surface area contributed by atoms with Gasteiger partial charge in [-0.3, -0.25) is 14.4 Å². The largest absolute Gasteiger partial charge is 0.456 e. The number of esters is 1. The van der Waals surface area contributed by atoms with Crippen LogP contribution in [0, 0.1) is 5.92 Å². The monoisotopic (exact) mass is 414 g/mol. The maximum absolute atomic E-state index is 12.9. The number of nitrogens with one attached hydrogen (secondary N) is 1. The molecule has 2 heterocycles. The molecule has 1 saturated heterocycles. The van der Waals surface area contributed by atoms with Crippen molar-refractivity contribution in [1.29, 1.82) is 0 Å². The Morgan fingerprint density at radius 2 is 2.00 bits per heavy atom. The van der Waals surface area contributed by atoms with Gasteiger partial charge in [0.15, 0.2) is 0 Å². The second-order valence-electron chi connectivity index (χ2n) is 7.85. The highest BCUT2D eigenvalue weighted by Gasteiger charge is 2.31. The Bertz CT molecular complexity index is 764. The average molecular weight is 415 g/mol. The Morgan fingerprint density at radius 3 is 2.77 bits per heavy atom. The fraction of sp³-hybridized carbons (Fsp3) is 0.522. The first kappa shape index (κ1) is 22.0. The van der Waals surface area contributed by atoms with E-state index < -0.39 is 12.0 Å². The van der Waals surface area contributed by atoms with Gasteiger partial charge in [0.2, 0.25) is 11.8 Å². The highest BCUT2D eigenvalue weighted by atomic mass is 16.5. The zero-order valence-corrected chi connectivity index (χ0v) is 17.2. The Kier molecular flexibility index (Phi) is 8.02. The molecule has 1 fully saturated rings. The van der Waals surface area contributed by atoms with Crippen molar-refractivity contribution in [2.75, 3.05) is 19.7 Å². The second kappa shape index (κ2) is 10.9. The number of hydrogen-bond acceptors (Lipinski definition) is 5. The lowest BCUT2D eigenvalue weighted by Gasteiger charge is -2.26. The number of carbonyl (C=O) groups is 3. The number of benzene rings is 1. The van der Waals surface area contributed by atoms with Crippen molar-refractivity contribution < 1.29 is 24.2 Å². The van der Waals surface area contributed by atoms with Crippen LogP contribution in [0.4, 0.5) is 0 Å². The third kappa shape index (κ3) is 5.92. The van der Waals surface area contributed by atoms with Gasteiger partial charge in [-0.2, -0.15) is 0 Å². The van der Waals surface area contributed by atoms with Crippen LogP contribution in [0.15, 0.2) is 42.5 Å². The van der Waals surface area contributed by atoms with Gasteiger partial charge in [-0.1, -0.05) is 42.5 Å². The number of rotatable bonds is 4. The standard InChI is InChI=1S/C23H30N2O5/c26-16-19-11-7-13-25(19)21(27)14-18-10-5-2-6-12-22(28)30-20(15-24-23(18)29)17-8-3-1-4-9-17/h1-5,8-9,18-20,26H,6-7,10-16H2,(H,24,29). The van der Waals surface area contributed by atoms with Crippen LogP contribution in [0.3, 0.4) is 0 Å². The van der Waals surface area contributed by atoms with Gasteiger partial charge in [0.05, 0.1) is 25.1 Å². The number of allylic oxidation sites excluding steroid dienone is 2. The Balaban J connectivity index is 1.70. The summed E-state index contributed by atoms with van der Waals surface area (Å²) >= 11 is 0. The first-order chi connectivity index (χ1) is 14.6. The van der Waals surface area contributed by atoms with E-state index in [0.29, 0.717) is 19.4 Å². The third-order valence-corrected chi connectivity index (χ3v) is 5.71. The summed E-state index contributed by atoms with van der Waals surface area (Å²) in [6.45, 7) is 0.735. The molecule has 162 valence electrons. The van der Waals surface area contributed by atoms with E-state index in [1.165, 1.54) is 0 Å². The van der Waals surface area contributed by atoms with Gasteiger partial charge in [0, 0.05) is 19.4 Å². The van der Waals surface area contributed by atoms with Gasteiger partial charge in [-0.25, -0.2) is 0 Å². The molecule has 0 bridgehead atoms. The molecule has 3 rings (SSSR count). The quantitative estimate of drug-likeness (QED) is 0.581. The number of cyclic esters (lactones) is 1. The predicted octanol–water partition coefficient (Wildman–Crippen LogP) is 2.12. The Hall–Kier alpha value is -2.67. The summed E-state index contributed by atoms with van der Waals surface area (Å²) in [5, 5.41) is 12.4. The maximum atomic E-state index is 12.9. The molecule has 0 saturated carbocycles. The topological polar surface area (TPSA) is 95.9 Å². The molecule has 2 aliphatic heterocycles. The van der Waals surface area contributed by atoms with Gasteiger partial charge in [-0.15, -0.1) is 0 Å². The van der Waals surface area contributed by atoms with Gasteiger partial charge >= 0.3 is 5.97 Å². The molecular weight excluding hydrogens is 384 g/mol. The molecule has 30 heavy (non-hydrogen) atoms. The third-order valence-electron chi connectivity index (χ3n) is 5.71. The number of ether oxygens (including phenoxy) is 1. The molecule has 2 aliphatic rings. The van der Waals surface area contributed by atoms with Gasteiger partial charge in [0.25, 0.3) is 0 Å². The number of aliphatic hydroxyl groups is 1. The molecule has 2 N–H and O–H groups in total.